The lowest BCUT2D eigenvalue weighted by Gasteiger charge is -2.06. The van der Waals surface area contributed by atoms with Crippen LogP contribution < -0.4 is 10.9 Å². The fourth-order valence-electron chi connectivity index (χ4n) is 3.01. The molecular formula is C21H16FN3O2S. The summed E-state index contributed by atoms with van der Waals surface area (Å²) >= 11 is 1.13. The number of aromatic nitrogens is 2. The molecule has 0 saturated carbocycles. The topological polar surface area (TPSA) is 64.0 Å². The van der Waals surface area contributed by atoms with Crippen LogP contribution in [0.2, 0.25) is 0 Å². The summed E-state index contributed by atoms with van der Waals surface area (Å²) < 4.78 is 15.3. The van der Waals surface area contributed by atoms with Gasteiger partial charge < -0.3 is 5.32 Å². The number of fused-ring (bicyclic) bond motifs is 1. The highest BCUT2D eigenvalue weighted by Crippen LogP contribution is 2.28. The van der Waals surface area contributed by atoms with Gasteiger partial charge in [0.15, 0.2) is 0 Å². The highest BCUT2D eigenvalue weighted by atomic mass is 32.1. The average Bonchev–Trinajstić information content (AvgIpc) is 3.04. The van der Waals surface area contributed by atoms with E-state index in [1.54, 1.807) is 19.1 Å². The summed E-state index contributed by atoms with van der Waals surface area (Å²) in [6.07, 6.45) is 1.49. The largest absolute Gasteiger partial charge is 0.319 e. The normalized spacial score (nSPS) is 10.9. The van der Waals surface area contributed by atoms with Crippen molar-refractivity contribution in [1.82, 2.24) is 9.55 Å². The molecule has 0 aliphatic carbocycles. The quantitative estimate of drug-likeness (QED) is 0.565. The van der Waals surface area contributed by atoms with Crippen LogP contribution >= 0.6 is 11.3 Å². The van der Waals surface area contributed by atoms with Gasteiger partial charge in [0.25, 0.3) is 11.5 Å². The molecule has 4 rings (SSSR count). The van der Waals surface area contributed by atoms with Crippen LogP contribution in [-0.2, 0) is 6.54 Å². The fourth-order valence-corrected chi connectivity index (χ4v) is 4.04. The molecule has 0 atom stereocenters. The molecule has 0 aliphatic heterocycles. The van der Waals surface area contributed by atoms with Gasteiger partial charge in [0, 0.05) is 0 Å². The second kappa shape index (κ2) is 7.36. The van der Waals surface area contributed by atoms with Gasteiger partial charge in [-0.15, -0.1) is 11.3 Å². The van der Waals surface area contributed by atoms with Crippen molar-refractivity contribution in [2.24, 2.45) is 0 Å². The second-order valence-corrected chi connectivity index (χ2v) is 7.33. The Morgan fingerprint density at radius 1 is 1.14 bits per heavy atom. The van der Waals surface area contributed by atoms with Gasteiger partial charge in [0.2, 0.25) is 0 Å². The third-order valence-corrected chi connectivity index (χ3v) is 5.64. The predicted octanol–water partition coefficient (Wildman–Crippen LogP) is 4.21. The van der Waals surface area contributed by atoms with Crippen molar-refractivity contribution in [3.8, 4) is 0 Å². The molecule has 0 radical (unpaired) electrons. The number of nitrogens with zero attached hydrogens (tertiary/aromatic N) is 2. The van der Waals surface area contributed by atoms with Crippen molar-refractivity contribution >= 4 is 33.1 Å². The lowest BCUT2D eigenvalue weighted by Crippen LogP contribution is -2.21. The number of rotatable bonds is 4. The van der Waals surface area contributed by atoms with Crippen molar-refractivity contribution in [3.63, 3.8) is 0 Å². The highest BCUT2D eigenvalue weighted by Gasteiger charge is 2.20. The Morgan fingerprint density at radius 3 is 2.61 bits per heavy atom. The molecule has 0 spiro atoms. The smallest absolute Gasteiger partial charge is 0.266 e. The van der Waals surface area contributed by atoms with Crippen LogP contribution in [0.25, 0.3) is 10.2 Å². The zero-order valence-electron chi connectivity index (χ0n) is 15.0. The van der Waals surface area contributed by atoms with Crippen molar-refractivity contribution in [3.05, 3.63) is 93.1 Å². The number of hydrogen-bond acceptors (Lipinski definition) is 4. The Labute approximate surface area is 164 Å². The SMILES string of the molecule is Cc1c(C(=O)Nc2ccccc2F)sc2ncn(Cc3ccccc3)c(=O)c12. The van der Waals surface area contributed by atoms with E-state index in [9.17, 15) is 14.0 Å². The van der Waals surface area contributed by atoms with Gasteiger partial charge >= 0.3 is 0 Å². The number of amides is 1. The lowest BCUT2D eigenvalue weighted by atomic mass is 10.2. The van der Waals surface area contributed by atoms with E-state index in [0.717, 1.165) is 16.9 Å². The lowest BCUT2D eigenvalue weighted by molar-refractivity contribution is 0.102. The van der Waals surface area contributed by atoms with Gasteiger partial charge in [-0.25, -0.2) is 9.37 Å². The molecule has 1 N–H and O–H groups in total. The van der Waals surface area contributed by atoms with Crippen LogP contribution in [0, 0.1) is 12.7 Å². The van der Waals surface area contributed by atoms with Gasteiger partial charge in [-0.05, 0) is 30.2 Å². The Morgan fingerprint density at radius 2 is 1.86 bits per heavy atom. The molecule has 0 fully saturated rings. The zero-order chi connectivity index (χ0) is 19.7. The number of carbonyl (C=O) groups is 1. The van der Waals surface area contributed by atoms with Crippen LogP contribution in [-0.4, -0.2) is 15.5 Å². The summed E-state index contributed by atoms with van der Waals surface area (Å²) in [4.78, 5) is 30.8. The molecule has 2 heterocycles. The molecule has 4 aromatic rings. The van der Waals surface area contributed by atoms with Crippen molar-refractivity contribution < 1.29 is 9.18 Å². The van der Waals surface area contributed by atoms with Gasteiger partial charge in [-0.1, -0.05) is 42.5 Å². The Balaban J connectivity index is 1.71. The standard InChI is InChI=1S/C21H16FN3O2S/c1-13-17-20(23-12-25(21(17)27)11-14-7-3-2-4-8-14)28-18(13)19(26)24-16-10-6-5-9-15(16)22/h2-10,12H,11H2,1H3,(H,24,26). The van der Waals surface area contributed by atoms with E-state index >= 15 is 0 Å². The first-order valence-electron chi connectivity index (χ1n) is 8.63. The number of halogens is 1. The monoisotopic (exact) mass is 393 g/mol. The van der Waals surface area contributed by atoms with Gasteiger partial charge in [-0.3, -0.25) is 14.2 Å². The molecule has 28 heavy (non-hydrogen) atoms. The zero-order valence-corrected chi connectivity index (χ0v) is 15.8. The highest BCUT2D eigenvalue weighted by molar-refractivity contribution is 7.20. The molecule has 2 aromatic heterocycles. The number of anilines is 1. The van der Waals surface area contributed by atoms with Crippen molar-refractivity contribution in [2.75, 3.05) is 5.32 Å². The first-order valence-corrected chi connectivity index (χ1v) is 9.44. The summed E-state index contributed by atoms with van der Waals surface area (Å²) in [6, 6.07) is 15.6. The van der Waals surface area contributed by atoms with E-state index in [2.05, 4.69) is 10.3 Å². The van der Waals surface area contributed by atoms with Gasteiger partial charge in [0.05, 0.1) is 28.8 Å². The van der Waals surface area contributed by atoms with Crippen LogP contribution in [0.4, 0.5) is 10.1 Å². The Kier molecular flexibility index (Phi) is 4.75. The maximum absolute atomic E-state index is 13.8. The molecule has 0 bridgehead atoms. The van der Waals surface area contributed by atoms with Crippen LogP contribution in [0.5, 0.6) is 0 Å². The predicted molar refractivity (Wildman–Crippen MR) is 109 cm³/mol. The summed E-state index contributed by atoms with van der Waals surface area (Å²) in [5.41, 5.74) is 1.43. The second-order valence-electron chi connectivity index (χ2n) is 6.33. The maximum Gasteiger partial charge on any atom is 0.266 e. The van der Waals surface area contributed by atoms with Crippen LogP contribution in [0.1, 0.15) is 20.8 Å². The molecule has 0 aliphatic rings. The molecular weight excluding hydrogens is 377 g/mol. The van der Waals surface area contributed by atoms with Crippen molar-refractivity contribution in [2.45, 2.75) is 13.5 Å². The van der Waals surface area contributed by atoms with E-state index in [-0.39, 0.29) is 11.2 Å². The van der Waals surface area contributed by atoms with E-state index < -0.39 is 11.7 Å². The minimum absolute atomic E-state index is 0.0961. The van der Waals surface area contributed by atoms with Gasteiger partial charge in [0.1, 0.15) is 10.6 Å². The molecule has 5 nitrogen and oxygen atoms in total. The molecule has 0 unspecified atom stereocenters. The first kappa shape index (κ1) is 18.1. The summed E-state index contributed by atoms with van der Waals surface area (Å²) in [7, 11) is 0. The van der Waals surface area contributed by atoms with E-state index in [1.807, 2.05) is 30.3 Å². The summed E-state index contributed by atoms with van der Waals surface area (Å²) in [5.74, 6) is -0.974. The molecule has 0 saturated heterocycles. The summed E-state index contributed by atoms with van der Waals surface area (Å²) in [6.45, 7) is 2.11. The number of nitrogens with one attached hydrogen (secondary N) is 1. The Hall–Kier alpha value is -3.32. The fraction of sp³-hybridized carbons (Fsp3) is 0.0952. The minimum atomic E-state index is -0.516. The minimum Gasteiger partial charge on any atom is -0.319 e. The molecule has 1 amide bonds. The number of thiophene rings is 1. The number of benzene rings is 2. The summed E-state index contributed by atoms with van der Waals surface area (Å²) in [5, 5.41) is 2.98. The number of hydrogen-bond donors (Lipinski definition) is 1. The van der Waals surface area contributed by atoms with E-state index in [1.165, 1.54) is 23.0 Å². The van der Waals surface area contributed by atoms with Crippen LogP contribution in [0.15, 0.2) is 65.7 Å². The first-order chi connectivity index (χ1) is 13.5. The average molecular weight is 393 g/mol. The van der Waals surface area contributed by atoms with Crippen LogP contribution in [0.3, 0.4) is 0 Å². The van der Waals surface area contributed by atoms with Gasteiger partial charge in [-0.2, -0.15) is 0 Å². The maximum atomic E-state index is 13.8. The molecule has 7 heteroatoms. The third-order valence-electron chi connectivity index (χ3n) is 4.44. The number of carbonyl (C=O) groups excluding carboxylic acids is 1. The molecule has 2 aromatic carbocycles. The van der Waals surface area contributed by atoms with E-state index in [4.69, 9.17) is 0 Å². The number of aryl methyl sites for hydroxylation is 1. The Bertz CT molecular complexity index is 1230. The third kappa shape index (κ3) is 3.32. The molecule has 140 valence electrons. The number of para-hydroxylation sites is 1. The van der Waals surface area contributed by atoms with E-state index in [0.29, 0.717) is 27.2 Å². The van der Waals surface area contributed by atoms with Crippen molar-refractivity contribution in [1.29, 1.82) is 0 Å².